The molecular formula is C32H67N. The van der Waals surface area contributed by atoms with Gasteiger partial charge in [0.15, 0.2) is 0 Å². The highest BCUT2D eigenvalue weighted by molar-refractivity contribution is 4.72. The van der Waals surface area contributed by atoms with Crippen LogP contribution in [0.5, 0.6) is 0 Å². The fourth-order valence-electron chi connectivity index (χ4n) is 4.93. The Hall–Kier alpha value is -0.0400. The van der Waals surface area contributed by atoms with Gasteiger partial charge < -0.3 is 5.32 Å². The van der Waals surface area contributed by atoms with Gasteiger partial charge in [0.25, 0.3) is 0 Å². The van der Waals surface area contributed by atoms with Crippen molar-refractivity contribution in [2.24, 2.45) is 5.41 Å². The van der Waals surface area contributed by atoms with Crippen molar-refractivity contribution in [3.8, 4) is 0 Å². The van der Waals surface area contributed by atoms with Crippen molar-refractivity contribution in [3.63, 3.8) is 0 Å². The zero-order chi connectivity index (χ0) is 24.5. The van der Waals surface area contributed by atoms with Crippen LogP contribution in [0.4, 0.5) is 0 Å². The molecule has 0 amide bonds. The summed E-state index contributed by atoms with van der Waals surface area (Å²) in [5, 5.41) is 3.95. The summed E-state index contributed by atoms with van der Waals surface area (Å²) in [6.07, 6.45) is 34.4. The van der Waals surface area contributed by atoms with E-state index in [2.05, 4.69) is 39.9 Å². The Kier molecular flexibility index (Phi) is 25.0. The van der Waals surface area contributed by atoms with Crippen LogP contribution >= 0.6 is 0 Å². The van der Waals surface area contributed by atoms with Crippen molar-refractivity contribution in [1.82, 2.24) is 5.32 Å². The van der Waals surface area contributed by atoms with Gasteiger partial charge in [0.05, 0.1) is 0 Å². The van der Waals surface area contributed by atoms with Crippen molar-refractivity contribution < 1.29 is 0 Å². The number of hydrogen-bond donors (Lipinski definition) is 1. The fourth-order valence-corrected chi connectivity index (χ4v) is 4.93. The first-order valence-corrected chi connectivity index (χ1v) is 15.7. The number of hydrogen-bond acceptors (Lipinski definition) is 1. The third kappa shape index (κ3) is 28.1. The molecule has 0 aromatic carbocycles. The summed E-state index contributed by atoms with van der Waals surface area (Å²) in [6, 6.07) is 0.751. The minimum absolute atomic E-state index is 0.467. The average molecular weight is 466 g/mol. The average Bonchev–Trinajstić information content (AvgIpc) is 2.78. The van der Waals surface area contributed by atoms with E-state index in [0.29, 0.717) is 5.41 Å². The molecule has 1 heteroatoms. The molecule has 200 valence electrons. The van der Waals surface area contributed by atoms with Gasteiger partial charge in [-0.1, -0.05) is 163 Å². The van der Waals surface area contributed by atoms with Crippen LogP contribution in [0.1, 0.15) is 189 Å². The van der Waals surface area contributed by atoms with Crippen LogP contribution in [0.2, 0.25) is 0 Å². The molecule has 0 aromatic heterocycles. The van der Waals surface area contributed by atoms with E-state index in [-0.39, 0.29) is 0 Å². The van der Waals surface area contributed by atoms with E-state index in [1.165, 1.54) is 161 Å². The minimum Gasteiger partial charge on any atom is -0.314 e. The topological polar surface area (TPSA) is 12.0 Å². The van der Waals surface area contributed by atoms with E-state index in [1.807, 2.05) is 0 Å². The minimum atomic E-state index is 0.467. The Morgan fingerprint density at radius 2 is 0.818 bits per heavy atom. The van der Waals surface area contributed by atoms with Gasteiger partial charge >= 0.3 is 0 Å². The highest BCUT2D eigenvalue weighted by atomic mass is 14.9. The lowest BCUT2D eigenvalue weighted by Gasteiger charge is -2.24. The monoisotopic (exact) mass is 466 g/mol. The Balaban J connectivity index is 3.71. The quantitative estimate of drug-likeness (QED) is 0.125. The van der Waals surface area contributed by atoms with Crippen molar-refractivity contribution in [2.45, 2.75) is 195 Å². The lowest BCUT2D eigenvalue weighted by Crippen LogP contribution is -2.31. The molecule has 0 aliphatic carbocycles. The summed E-state index contributed by atoms with van der Waals surface area (Å²) in [7, 11) is 0. The van der Waals surface area contributed by atoms with Gasteiger partial charge in [-0.05, 0) is 37.6 Å². The van der Waals surface area contributed by atoms with Crippen LogP contribution < -0.4 is 5.32 Å². The van der Waals surface area contributed by atoms with E-state index in [0.717, 1.165) is 6.04 Å². The standard InChI is InChI=1S/C32H67N/c1-6-8-10-12-14-16-17-18-20-22-24-26-30-33-31(28-29-32(3,4)5)27-25-23-21-19-15-13-11-9-7-2/h31,33H,6-30H2,1-5H3. The van der Waals surface area contributed by atoms with Gasteiger partial charge in [0, 0.05) is 6.04 Å². The number of rotatable bonds is 26. The molecule has 1 unspecified atom stereocenters. The van der Waals surface area contributed by atoms with Crippen LogP contribution in [-0.2, 0) is 0 Å². The van der Waals surface area contributed by atoms with Gasteiger partial charge in [-0.2, -0.15) is 0 Å². The van der Waals surface area contributed by atoms with Crippen LogP contribution in [0.15, 0.2) is 0 Å². The molecule has 0 rings (SSSR count). The molecule has 1 atom stereocenters. The Labute approximate surface area is 212 Å². The van der Waals surface area contributed by atoms with E-state index in [1.54, 1.807) is 0 Å². The third-order valence-electron chi connectivity index (χ3n) is 7.36. The molecule has 33 heavy (non-hydrogen) atoms. The molecule has 0 spiro atoms. The predicted octanol–water partition coefficient (Wildman–Crippen LogP) is 11.4. The molecule has 0 aliphatic rings. The lowest BCUT2D eigenvalue weighted by atomic mass is 9.87. The Morgan fingerprint density at radius 1 is 0.455 bits per heavy atom. The fraction of sp³-hybridized carbons (Fsp3) is 1.00. The molecule has 0 saturated heterocycles. The molecule has 0 heterocycles. The predicted molar refractivity (Wildman–Crippen MR) is 153 cm³/mol. The lowest BCUT2D eigenvalue weighted by molar-refractivity contribution is 0.317. The first-order chi connectivity index (χ1) is 16.0. The highest BCUT2D eigenvalue weighted by Gasteiger charge is 2.14. The van der Waals surface area contributed by atoms with Crippen LogP contribution in [0.3, 0.4) is 0 Å². The molecule has 0 fully saturated rings. The molecule has 1 N–H and O–H groups in total. The largest absolute Gasteiger partial charge is 0.314 e. The molecule has 0 radical (unpaired) electrons. The van der Waals surface area contributed by atoms with Crippen LogP contribution in [0.25, 0.3) is 0 Å². The second-order valence-corrected chi connectivity index (χ2v) is 12.3. The number of nitrogens with one attached hydrogen (secondary N) is 1. The van der Waals surface area contributed by atoms with Gasteiger partial charge in [-0.15, -0.1) is 0 Å². The van der Waals surface area contributed by atoms with Crippen LogP contribution in [0, 0.1) is 5.41 Å². The first-order valence-electron chi connectivity index (χ1n) is 15.7. The zero-order valence-electron chi connectivity index (χ0n) is 24.3. The number of unbranched alkanes of at least 4 members (excludes halogenated alkanes) is 19. The van der Waals surface area contributed by atoms with Gasteiger partial charge in [0.1, 0.15) is 0 Å². The summed E-state index contributed by atoms with van der Waals surface area (Å²) in [5.74, 6) is 0. The molecule has 0 saturated carbocycles. The van der Waals surface area contributed by atoms with Crippen molar-refractivity contribution in [1.29, 1.82) is 0 Å². The summed E-state index contributed by atoms with van der Waals surface area (Å²) in [6.45, 7) is 13.0. The summed E-state index contributed by atoms with van der Waals surface area (Å²) in [4.78, 5) is 0. The Bertz CT molecular complexity index is 356. The van der Waals surface area contributed by atoms with Gasteiger partial charge in [-0.25, -0.2) is 0 Å². The second kappa shape index (κ2) is 25.1. The molecule has 1 nitrogen and oxygen atoms in total. The summed E-state index contributed by atoms with van der Waals surface area (Å²) >= 11 is 0. The van der Waals surface area contributed by atoms with Crippen LogP contribution in [-0.4, -0.2) is 12.6 Å². The molecule has 0 bridgehead atoms. The maximum absolute atomic E-state index is 3.95. The van der Waals surface area contributed by atoms with Gasteiger partial charge in [-0.3, -0.25) is 0 Å². The SMILES string of the molecule is CCCCCCCCCCCCCCNC(CCCCCCCCCCC)CCC(C)(C)C. The normalized spacial score (nSPS) is 13.0. The van der Waals surface area contributed by atoms with Crippen molar-refractivity contribution >= 4 is 0 Å². The third-order valence-corrected chi connectivity index (χ3v) is 7.36. The maximum Gasteiger partial charge on any atom is 0.00672 e. The van der Waals surface area contributed by atoms with Crippen molar-refractivity contribution in [2.75, 3.05) is 6.54 Å². The van der Waals surface area contributed by atoms with Gasteiger partial charge in [0.2, 0.25) is 0 Å². The maximum atomic E-state index is 3.95. The van der Waals surface area contributed by atoms with E-state index >= 15 is 0 Å². The van der Waals surface area contributed by atoms with E-state index in [4.69, 9.17) is 0 Å². The zero-order valence-corrected chi connectivity index (χ0v) is 24.3. The van der Waals surface area contributed by atoms with E-state index in [9.17, 15) is 0 Å². The smallest absolute Gasteiger partial charge is 0.00672 e. The molecule has 0 aliphatic heterocycles. The molecule has 0 aromatic rings. The summed E-state index contributed by atoms with van der Waals surface area (Å²) in [5.41, 5.74) is 0.467. The second-order valence-electron chi connectivity index (χ2n) is 12.3. The summed E-state index contributed by atoms with van der Waals surface area (Å²) < 4.78 is 0. The van der Waals surface area contributed by atoms with Crippen molar-refractivity contribution in [3.05, 3.63) is 0 Å². The first kappa shape index (κ1) is 33.0. The molecular weight excluding hydrogens is 398 g/mol. The Morgan fingerprint density at radius 3 is 1.21 bits per heavy atom. The highest BCUT2D eigenvalue weighted by Crippen LogP contribution is 2.23. The van der Waals surface area contributed by atoms with E-state index < -0.39 is 0 Å².